The first-order valence-electron chi connectivity index (χ1n) is 6.79. The van der Waals surface area contributed by atoms with Crippen LogP contribution in [0.4, 0.5) is 5.69 Å². The summed E-state index contributed by atoms with van der Waals surface area (Å²) in [5.74, 6) is -1.27. The summed E-state index contributed by atoms with van der Waals surface area (Å²) in [6.45, 7) is 5.62. The van der Waals surface area contributed by atoms with Crippen molar-refractivity contribution in [1.29, 1.82) is 0 Å². The predicted octanol–water partition coefficient (Wildman–Crippen LogP) is 1.89. The summed E-state index contributed by atoms with van der Waals surface area (Å²) in [5.41, 5.74) is 1.87. The first kappa shape index (κ1) is 16.2. The summed E-state index contributed by atoms with van der Waals surface area (Å²) >= 11 is 0. The van der Waals surface area contributed by atoms with Gasteiger partial charge in [0.2, 0.25) is 5.91 Å². The minimum absolute atomic E-state index is 0.0223. The van der Waals surface area contributed by atoms with E-state index < -0.39 is 12.0 Å². The van der Waals surface area contributed by atoms with Crippen molar-refractivity contribution in [3.63, 3.8) is 0 Å². The number of aliphatic carboxylic acids is 1. The van der Waals surface area contributed by atoms with Gasteiger partial charge in [0.05, 0.1) is 6.54 Å². The molecule has 0 spiro atoms. The average Bonchev–Trinajstić information content (AvgIpc) is 2.38. The summed E-state index contributed by atoms with van der Waals surface area (Å²) in [6, 6.07) is 6.88. The van der Waals surface area contributed by atoms with Gasteiger partial charge in [0.15, 0.2) is 0 Å². The number of hydrogen-bond donors (Lipinski definition) is 3. The highest BCUT2D eigenvalue weighted by Gasteiger charge is 2.21. The second kappa shape index (κ2) is 7.65. The van der Waals surface area contributed by atoms with Crippen molar-refractivity contribution >= 4 is 17.6 Å². The van der Waals surface area contributed by atoms with E-state index in [4.69, 9.17) is 5.11 Å². The van der Waals surface area contributed by atoms with E-state index >= 15 is 0 Å². The fraction of sp³-hybridized carbons (Fsp3) is 0.467. The Kier molecular flexibility index (Phi) is 6.18. The molecule has 0 aliphatic carbocycles. The predicted molar refractivity (Wildman–Crippen MR) is 78.7 cm³/mol. The van der Waals surface area contributed by atoms with Gasteiger partial charge in [-0.25, -0.2) is 0 Å². The molecular weight excluding hydrogens is 256 g/mol. The lowest BCUT2D eigenvalue weighted by Gasteiger charge is -2.17. The van der Waals surface area contributed by atoms with Gasteiger partial charge in [0.1, 0.15) is 6.04 Å². The van der Waals surface area contributed by atoms with Crippen LogP contribution in [0.25, 0.3) is 0 Å². The number of aryl methyl sites for hydroxylation is 1. The first-order chi connectivity index (χ1) is 9.43. The minimum Gasteiger partial charge on any atom is -0.480 e. The zero-order valence-electron chi connectivity index (χ0n) is 12.1. The number of carbonyl (C=O) groups excluding carboxylic acids is 1. The number of carboxylic acids is 1. The summed E-state index contributed by atoms with van der Waals surface area (Å²) < 4.78 is 0. The van der Waals surface area contributed by atoms with E-state index in [0.29, 0.717) is 0 Å². The van der Waals surface area contributed by atoms with Crippen LogP contribution in [0.5, 0.6) is 0 Å². The Hall–Kier alpha value is -1.88. The Morgan fingerprint density at radius 1 is 1.30 bits per heavy atom. The van der Waals surface area contributed by atoms with Gasteiger partial charge in [-0.15, -0.1) is 0 Å². The summed E-state index contributed by atoms with van der Waals surface area (Å²) in [7, 11) is 0. The van der Waals surface area contributed by atoms with Crippen molar-refractivity contribution in [2.24, 2.45) is 5.92 Å². The highest BCUT2D eigenvalue weighted by atomic mass is 16.4. The number of rotatable bonds is 7. The molecule has 1 amide bonds. The van der Waals surface area contributed by atoms with Gasteiger partial charge in [-0.3, -0.25) is 14.9 Å². The third kappa shape index (κ3) is 5.01. The standard InChI is InChI=1S/C15H22N2O3/c1-4-11-6-5-7-12(8-11)17-13(18)9-16-14(10(2)3)15(19)20/h5-8,10,14,16H,4,9H2,1-3H3,(H,17,18)(H,19,20). The zero-order chi connectivity index (χ0) is 15.1. The maximum Gasteiger partial charge on any atom is 0.320 e. The summed E-state index contributed by atoms with van der Waals surface area (Å²) in [4.78, 5) is 22.8. The van der Waals surface area contributed by atoms with Crippen LogP contribution in [0, 0.1) is 5.92 Å². The average molecular weight is 278 g/mol. The maximum absolute atomic E-state index is 11.8. The minimum atomic E-state index is -0.944. The topological polar surface area (TPSA) is 78.4 Å². The molecule has 0 bridgehead atoms. The third-order valence-electron chi connectivity index (χ3n) is 3.03. The molecule has 1 rings (SSSR count). The van der Waals surface area contributed by atoms with Crippen molar-refractivity contribution < 1.29 is 14.7 Å². The normalized spacial score (nSPS) is 12.2. The van der Waals surface area contributed by atoms with E-state index in [1.165, 1.54) is 0 Å². The molecule has 0 aliphatic rings. The van der Waals surface area contributed by atoms with Crippen LogP contribution in [0.1, 0.15) is 26.3 Å². The van der Waals surface area contributed by atoms with E-state index in [1.807, 2.05) is 31.2 Å². The Balaban J connectivity index is 2.53. The molecule has 1 unspecified atom stereocenters. The van der Waals surface area contributed by atoms with Crippen LogP contribution in [-0.4, -0.2) is 29.6 Å². The number of amides is 1. The van der Waals surface area contributed by atoms with Crippen molar-refractivity contribution in [3.05, 3.63) is 29.8 Å². The van der Waals surface area contributed by atoms with E-state index in [-0.39, 0.29) is 18.4 Å². The van der Waals surface area contributed by atoms with Crippen LogP contribution >= 0.6 is 0 Å². The first-order valence-corrected chi connectivity index (χ1v) is 6.79. The molecule has 3 N–H and O–H groups in total. The van der Waals surface area contributed by atoms with Gasteiger partial charge in [-0.05, 0) is 30.0 Å². The van der Waals surface area contributed by atoms with Crippen molar-refractivity contribution in [1.82, 2.24) is 5.32 Å². The van der Waals surface area contributed by atoms with Crippen LogP contribution in [0.15, 0.2) is 24.3 Å². The monoisotopic (exact) mass is 278 g/mol. The lowest BCUT2D eigenvalue weighted by molar-refractivity contribution is -0.140. The lowest BCUT2D eigenvalue weighted by atomic mass is 10.1. The van der Waals surface area contributed by atoms with Crippen LogP contribution < -0.4 is 10.6 Å². The van der Waals surface area contributed by atoms with Gasteiger partial charge >= 0.3 is 5.97 Å². The number of hydrogen-bond acceptors (Lipinski definition) is 3. The summed E-state index contributed by atoms with van der Waals surface area (Å²) in [6.07, 6.45) is 0.899. The largest absolute Gasteiger partial charge is 0.480 e. The molecule has 0 fully saturated rings. The number of carboxylic acid groups (broad SMARTS) is 1. The molecule has 1 aromatic carbocycles. The number of anilines is 1. The lowest BCUT2D eigenvalue weighted by Crippen LogP contribution is -2.44. The maximum atomic E-state index is 11.8. The van der Waals surface area contributed by atoms with E-state index in [2.05, 4.69) is 10.6 Å². The quantitative estimate of drug-likeness (QED) is 0.711. The second-order valence-corrected chi connectivity index (χ2v) is 5.04. The van der Waals surface area contributed by atoms with Gasteiger partial charge in [-0.1, -0.05) is 32.9 Å². The SMILES string of the molecule is CCc1cccc(NC(=O)CNC(C(=O)O)C(C)C)c1. The van der Waals surface area contributed by atoms with Gasteiger partial charge in [-0.2, -0.15) is 0 Å². The molecule has 0 aromatic heterocycles. The zero-order valence-corrected chi connectivity index (χ0v) is 12.1. The smallest absolute Gasteiger partial charge is 0.320 e. The molecule has 110 valence electrons. The molecule has 1 aromatic rings. The van der Waals surface area contributed by atoms with Crippen molar-refractivity contribution in [2.75, 3.05) is 11.9 Å². The van der Waals surface area contributed by atoms with Gasteiger partial charge < -0.3 is 10.4 Å². The van der Waals surface area contributed by atoms with Crippen molar-refractivity contribution in [3.8, 4) is 0 Å². The van der Waals surface area contributed by atoms with E-state index in [9.17, 15) is 9.59 Å². The fourth-order valence-corrected chi connectivity index (χ4v) is 1.89. The Labute approximate surface area is 119 Å². The Morgan fingerprint density at radius 3 is 2.55 bits per heavy atom. The number of benzene rings is 1. The third-order valence-corrected chi connectivity index (χ3v) is 3.03. The Morgan fingerprint density at radius 2 is 2.00 bits per heavy atom. The van der Waals surface area contributed by atoms with Crippen LogP contribution in [-0.2, 0) is 16.0 Å². The molecule has 0 aliphatic heterocycles. The molecule has 20 heavy (non-hydrogen) atoms. The van der Waals surface area contributed by atoms with Gasteiger partial charge in [0, 0.05) is 5.69 Å². The highest BCUT2D eigenvalue weighted by molar-refractivity contribution is 5.92. The molecule has 5 nitrogen and oxygen atoms in total. The molecule has 0 radical (unpaired) electrons. The molecule has 0 heterocycles. The summed E-state index contributed by atoms with van der Waals surface area (Å²) in [5, 5.41) is 14.5. The van der Waals surface area contributed by atoms with Crippen molar-refractivity contribution in [2.45, 2.75) is 33.2 Å². The molecule has 1 atom stereocenters. The van der Waals surface area contributed by atoms with Gasteiger partial charge in [0.25, 0.3) is 0 Å². The Bertz CT molecular complexity index is 472. The molecule has 5 heteroatoms. The molecule has 0 saturated heterocycles. The number of nitrogens with one attached hydrogen (secondary N) is 2. The number of carbonyl (C=O) groups is 2. The van der Waals surface area contributed by atoms with Crippen LogP contribution in [0.2, 0.25) is 0 Å². The second-order valence-electron chi connectivity index (χ2n) is 5.04. The molecule has 0 saturated carbocycles. The van der Waals surface area contributed by atoms with E-state index in [1.54, 1.807) is 13.8 Å². The highest BCUT2D eigenvalue weighted by Crippen LogP contribution is 2.10. The van der Waals surface area contributed by atoms with E-state index in [0.717, 1.165) is 17.7 Å². The fourth-order valence-electron chi connectivity index (χ4n) is 1.89. The van der Waals surface area contributed by atoms with Crippen LogP contribution in [0.3, 0.4) is 0 Å². The molecular formula is C15H22N2O3.